The molecule has 0 aromatic heterocycles. The largest absolute Gasteiger partial charge is 0.238 e. The smallest absolute Gasteiger partial charge is 0.140 e. The van der Waals surface area contributed by atoms with Gasteiger partial charge in [0.15, 0.2) is 0 Å². The van der Waals surface area contributed by atoms with Crippen molar-refractivity contribution in [2.45, 2.75) is 13.1 Å². The maximum absolute atomic E-state index is 12.6. The van der Waals surface area contributed by atoms with E-state index in [0.717, 1.165) is 18.2 Å². The molecule has 0 radical (unpaired) electrons. The molecule has 1 nitrogen and oxygen atoms in total. The van der Waals surface area contributed by atoms with Crippen molar-refractivity contribution in [1.29, 1.82) is 5.26 Å². The number of nitrogens with zero attached hydrogens (tertiary/aromatic N) is 1. The second kappa shape index (κ2) is 6.29. The summed E-state index contributed by atoms with van der Waals surface area (Å²) in [5.74, 6) is -0.748. The molecule has 0 bridgehead atoms. The maximum Gasteiger partial charge on any atom is 0.140 e. The van der Waals surface area contributed by atoms with Crippen molar-refractivity contribution in [1.82, 2.24) is 0 Å². The van der Waals surface area contributed by atoms with Gasteiger partial charge in [-0.05, 0) is 19.1 Å². The van der Waals surface area contributed by atoms with Gasteiger partial charge in [-0.25, -0.2) is 8.78 Å². The van der Waals surface area contributed by atoms with Gasteiger partial charge < -0.3 is 0 Å². The summed E-state index contributed by atoms with van der Waals surface area (Å²) in [4.78, 5) is 0. The van der Waals surface area contributed by atoms with Gasteiger partial charge in [-0.1, -0.05) is 12.2 Å². The molecule has 0 aliphatic heterocycles. The summed E-state index contributed by atoms with van der Waals surface area (Å²) >= 11 is 0. The van der Waals surface area contributed by atoms with E-state index in [1.54, 1.807) is 13.0 Å². The van der Waals surface area contributed by atoms with E-state index in [9.17, 15) is 8.78 Å². The van der Waals surface area contributed by atoms with Gasteiger partial charge in [0.2, 0.25) is 0 Å². The van der Waals surface area contributed by atoms with Gasteiger partial charge in [-0.3, -0.25) is 0 Å². The van der Waals surface area contributed by atoms with Crippen LogP contribution in [0.5, 0.6) is 0 Å². The van der Waals surface area contributed by atoms with E-state index in [0.29, 0.717) is 0 Å². The maximum atomic E-state index is 12.6. The number of halogens is 2. The van der Waals surface area contributed by atoms with Crippen molar-refractivity contribution in [3.8, 4) is 6.07 Å². The minimum absolute atomic E-state index is 0.748. The van der Waals surface area contributed by atoms with Crippen molar-refractivity contribution < 1.29 is 8.78 Å². The number of hydrogen-bond donors (Lipinski definition) is 0. The lowest BCUT2D eigenvalue weighted by Gasteiger charge is -1.91. The zero-order valence-corrected chi connectivity index (χ0v) is 6.67. The molecule has 0 aromatic rings. The van der Waals surface area contributed by atoms with Gasteiger partial charge in [0.05, 0.1) is 6.07 Å². The number of rotatable bonds is 3. The molecule has 0 heterocycles. The lowest BCUT2D eigenvalue weighted by atomic mass is 10.3. The van der Waals surface area contributed by atoms with Crippen molar-refractivity contribution in [2.75, 3.05) is 0 Å². The molecule has 0 amide bonds. The van der Waals surface area contributed by atoms with Crippen LogP contribution in [0.3, 0.4) is 0 Å². The predicted molar refractivity (Wildman–Crippen MR) is 43.7 cm³/mol. The van der Waals surface area contributed by atoms with E-state index in [-0.39, 0.29) is 0 Å². The molecule has 0 saturated heterocycles. The van der Waals surface area contributed by atoms with Gasteiger partial charge >= 0.3 is 0 Å². The van der Waals surface area contributed by atoms with Crippen LogP contribution in [0.4, 0.5) is 8.78 Å². The van der Waals surface area contributed by atoms with Crippen molar-refractivity contribution in [3.63, 3.8) is 0 Å². The summed E-state index contributed by atoms with van der Waals surface area (Å²) in [6.07, 6.45) is 3.92. The Labute approximate surface area is 70.3 Å². The first-order valence-electron chi connectivity index (χ1n) is 3.41. The highest BCUT2D eigenvalue weighted by Crippen LogP contribution is 2.04. The number of alkyl halides is 1. The summed E-state index contributed by atoms with van der Waals surface area (Å²) in [5.41, 5.74) is 0. The molecule has 0 N–H and O–H groups in total. The van der Waals surface area contributed by atoms with Crippen LogP contribution in [0.2, 0.25) is 0 Å². The quantitative estimate of drug-likeness (QED) is 0.362. The fourth-order valence-electron chi connectivity index (χ4n) is 0.564. The van der Waals surface area contributed by atoms with E-state index in [4.69, 9.17) is 5.26 Å². The Morgan fingerprint density at radius 2 is 2.25 bits per heavy atom. The molecule has 0 aliphatic rings. The number of allylic oxidation sites excluding steroid dienone is 6. The Hall–Kier alpha value is -1.43. The summed E-state index contributed by atoms with van der Waals surface area (Å²) < 4.78 is 25.1. The monoisotopic (exact) mass is 169 g/mol. The van der Waals surface area contributed by atoms with E-state index in [1.165, 1.54) is 12.2 Å². The SMILES string of the molecule is C/C=C\C(F)/C=C(F)\C=C\C#N. The van der Waals surface area contributed by atoms with Gasteiger partial charge in [-0.15, -0.1) is 0 Å². The third-order valence-electron chi connectivity index (χ3n) is 1.01. The molecule has 64 valence electrons. The molecule has 3 heteroatoms. The van der Waals surface area contributed by atoms with Crippen LogP contribution in [0.25, 0.3) is 0 Å². The average molecular weight is 169 g/mol. The number of hydrogen-bond acceptors (Lipinski definition) is 1. The van der Waals surface area contributed by atoms with Crippen LogP contribution in [0, 0.1) is 11.3 Å². The lowest BCUT2D eigenvalue weighted by Crippen LogP contribution is -1.88. The molecular formula is C9H9F2N. The summed E-state index contributed by atoms with van der Waals surface area (Å²) in [6.45, 7) is 1.64. The standard InChI is InChI=1S/C9H9F2N/c1-2-4-8(10)7-9(11)5-3-6-12/h2-5,7-8H,1H3/b4-2-,5-3+,9-7+. The van der Waals surface area contributed by atoms with E-state index >= 15 is 0 Å². The van der Waals surface area contributed by atoms with Gasteiger partial charge in [0, 0.05) is 6.08 Å². The highest BCUT2D eigenvalue weighted by molar-refractivity contribution is 5.19. The highest BCUT2D eigenvalue weighted by Gasteiger charge is 1.96. The van der Waals surface area contributed by atoms with E-state index < -0.39 is 12.0 Å². The Balaban J connectivity index is 4.17. The minimum atomic E-state index is -1.43. The van der Waals surface area contributed by atoms with Crippen LogP contribution in [0.1, 0.15) is 6.92 Å². The molecule has 12 heavy (non-hydrogen) atoms. The number of nitriles is 1. The Bertz CT molecular complexity index is 246. The molecule has 0 fully saturated rings. The first kappa shape index (κ1) is 10.6. The molecule has 0 aromatic carbocycles. The van der Waals surface area contributed by atoms with Crippen molar-refractivity contribution in [3.05, 3.63) is 36.2 Å². The molecule has 0 rings (SSSR count). The summed E-state index contributed by atoms with van der Waals surface area (Å²) in [6, 6.07) is 1.60. The van der Waals surface area contributed by atoms with Gasteiger partial charge in [-0.2, -0.15) is 5.26 Å². The minimum Gasteiger partial charge on any atom is -0.238 e. The molecular weight excluding hydrogens is 160 g/mol. The summed E-state index contributed by atoms with van der Waals surface area (Å²) in [7, 11) is 0. The highest BCUT2D eigenvalue weighted by atomic mass is 19.1. The second-order valence-electron chi connectivity index (χ2n) is 1.98. The van der Waals surface area contributed by atoms with Crippen LogP contribution in [-0.4, -0.2) is 6.17 Å². The molecule has 1 unspecified atom stereocenters. The molecule has 0 spiro atoms. The molecule has 0 saturated carbocycles. The van der Waals surface area contributed by atoms with Crippen molar-refractivity contribution >= 4 is 0 Å². The van der Waals surface area contributed by atoms with Crippen LogP contribution in [-0.2, 0) is 0 Å². The Morgan fingerprint density at radius 1 is 1.58 bits per heavy atom. The first-order valence-corrected chi connectivity index (χ1v) is 3.41. The molecule has 1 atom stereocenters. The van der Waals surface area contributed by atoms with Gasteiger partial charge in [0.1, 0.15) is 12.0 Å². The van der Waals surface area contributed by atoms with Gasteiger partial charge in [0.25, 0.3) is 0 Å². The third kappa shape index (κ3) is 5.36. The Kier molecular flexibility index (Phi) is 5.54. The van der Waals surface area contributed by atoms with Crippen LogP contribution < -0.4 is 0 Å². The first-order chi connectivity index (χ1) is 5.70. The second-order valence-corrected chi connectivity index (χ2v) is 1.98. The van der Waals surface area contributed by atoms with E-state index in [2.05, 4.69) is 0 Å². The topological polar surface area (TPSA) is 23.8 Å². The van der Waals surface area contributed by atoms with E-state index in [1.807, 2.05) is 0 Å². The lowest BCUT2D eigenvalue weighted by molar-refractivity contribution is 0.460. The Morgan fingerprint density at radius 3 is 2.75 bits per heavy atom. The predicted octanol–water partition coefficient (Wildman–Crippen LogP) is 2.83. The zero-order chi connectivity index (χ0) is 9.40. The average Bonchev–Trinajstić information content (AvgIpc) is 2.01. The normalized spacial score (nSPS) is 15.3. The zero-order valence-electron chi connectivity index (χ0n) is 6.67. The van der Waals surface area contributed by atoms with Crippen LogP contribution in [0.15, 0.2) is 36.2 Å². The van der Waals surface area contributed by atoms with Crippen LogP contribution >= 0.6 is 0 Å². The van der Waals surface area contributed by atoms with Crippen molar-refractivity contribution in [2.24, 2.45) is 0 Å². The molecule has 0 aliphatic carbocycles. The summed E-state index contributed by atoms with van der Waals surface area (Å²) in [5, 5.41) is 8.01. The third-order valence-corrected chi connectivity index (χ3v) is 1.01. The fraction of sp³-hybridized carbons (Fsp3) is 0.222. The fourth-order valence-corrected chi connectivity index (χ4v) is 0.564.